The lowest BCUT2D eigenvalue weighted by Crippen LogP contribution is -2.36. The normalized spacial score (nSPS) is 11.7. The van der Waals surface area contributed by atoms with E-state index in [9.17, 15) is 5.11 Å². The lowest BCUT2D eigenvalue weighted by atomic mass is 10.1. The number of hydrogen-bond acceptors (Lipinski definition) is 4. The van der Waals surface area contributed by atoms with Gasteiger partial charge >= 0.3 is 0 Å². The molecule has 0 amide bonds. The SMILES string of the molecule is COCCNCc1ccc(N(C)CC(C)(C)O)c(C)c1. The number of rotatable bonds is 8. The summed E-state index contributed by atoms with van der Waals surface area (Å²) in [4.78, 5) is 2.09. The van der Waals surface area contributed by atoms with Crippen molar-refractivity contribution in [3.05, 3.63) is 29.3 Å². The third-order valence-corrected chi connectivity index (χ3v) is 3.11. The Balaban J connectivity index is 2.63. The number of aliphatic hydroxyl groups is 1. The number of anilines is 1. The monoisotopic (exact) mass is 280 g/mol. The van der Waals surface area contributed by atoms with Gasteiger partial charge in [-0.1, -0.05) is 12.1 Å². The third-order valence-electron chi connectivity index (χ3n) is 3.11. The molecule has 20 heavy (non-hydrogen) atoms. The zero-order valence-corrected chi connectivity index (χ0v) is 13.4. The second-order valence-corrected chi connectivity index (χ2v) is 5.96. The molecule has 114 valence electrons. The van der Waals surface area contributed by atoms with Crippen molar-refractivity contribution in [2.24, 2.45) is 0 Å². The summed E-state index contributed by atoms with van der Waals surface area (Å²) in [6.45, 7) is 8.80. The first-order chi connectivity index (χ1) is 9.33. The van der Waals surface area contributed by atoms with Crippen molar-refractivity contribution < 1.29 is 9.84 Å². The first-order valence-electron chi connectivity index (χ1n) is 7.06. The van der Waals surface area contributed by atoms with Crippen molar-refractivity contribution in [3.8, 4) is 0 Å². The Morgan fingerprint density at radius 1 is 1.35 bits per heavy atom. The van der Waals surface area contributed by atoms with E-state index in [4.69, 9.17) is 4.74 Å². The summed E-state index contributed by atoms with van der Waals surface area (Å²) in [6, 6.07) is 6.44. The second kappa shape index (κ2) is 7.62. The summed E-state index contributed by atoms with van der Waals surface area (Å²) < 4.78 is 5.01. The summed E-state index contributed by atoms with van der Waals surface area (Å²) in [5.74, 6) is 0. The Morgan fingerprint density at radius 2 is 2.05 bits per heavy atom. The Hall–Kier alpha value is -1.10. The lowest BCUT2D eigenvalue weighted by Gasteiger charge is -2.28. The number of likely N-dealkylation sites (N-methyl/N-ethyl adjacent to an activating group) is 1. The van der Waals surface area contributed by atoms with Crippen LogP contribution in [-0.4, -0.2) is 44.6 Å². The van der Waals surface area contributed by atoms with Crippen LogP contribution in [0.2, 0.25) is 0 Å². The maximum absolute atomic E-state index is 9.90. The van der Waals surface area contributed by atoms with Gasteiger partial charge in [-0.05, 0) is 38.0 Å². The minimum atomic E-state index is -0.693. The van der Waals surface area contributed by atoms with E-state index in [2.05, 4.69) is 35.3 Å². The van der Waals surface area contributed by atoms with Gasteiger partial charge in [0.05, 0.1) is 12.2 Å². The first-order valence-corrected chi connectivity index (χ1v) is 7.06. The first kappa shape index (κ1) is 17.0. The number of ether oxygens (including phenoxy) is 1. The van der Waals surface area contributed by atoms with Crippen LogP contribution in [0.5, 0.6) is 0 Å². The van der Waals surface area contributed by atoms with Gasteiger partial charge in [-0.15, -0.1) is 0 Å². The van der Waals surface area contributed by atoms with E-state index in [0.29, 0.717) is 6.54 Å². The molecule has 0 aliphatic carbocycles. The van der Waals surface area contributed by atoms with Crippen LogP contribution in [0.25, 0.3) is 0 Å². The zero-order chi connectivity index (χ0) is 15.2. The molecule has 4 heteroatoms. The van der Waals surface area contributed by atoms with Gasteiger partial charge in [0.1, 0.15) is 0 Å². The highest BCUT2D eigenvalue weighted by atomic mass is 16.5. The highest BCUT2D eigenvalue weighted by molar-refractivity contribution is 5.54. The van der Waals surface area contributed by atoms with Crippen molar-refractivity contribution in [1.29, 1.82) is 0 Å². The number of methoxy groups -OCH3 is 1. The van der Waals surface area contributed by atoms with E-state index in [0.717, 1.165) is 25.4 Å². The minimum absolute atomic E-state index is 0.610. The zero-order valence-electron chi connectivity index (χ0n) is 13.4. The molecule has 0 aromatic heterocycles. The fraction of sp³-hybridized carbons (Fsp3) is 0.625. The molecule has 0 bridgehead atoms. The summed E-state index contributed by atoms with van der Waals surface area (Å²) in [6.07, 6.45) is 0. The Labute approximate surface area is 122 Å². The maximum atomic E-state index is 9.90. The third kappa shape index (κ3) is 5.90. The van der Waals surface area contributed by atoms with Crippen LogP contribution in [0, 0.1) is 6.92 Å². The molecule has 0 saturated carbocycles. The molecule has 0 spiro atoms. The number of aryl methyl sites for hydroxylation is 1. The number of nitrogens with zero attached hydrogens (tertiary/aromatic N) is 1. The molecule has 0 atom stereocenters. The van der Waals surface area contributed by atoms with Crippen LogP contribution in [0.3, 0.4) is 0 Å². The highest BCUT2D eigenvalue weighted by Gasteiger charge is 2.16. The topological polar surface area (TPSA) is 44.7 Å². The van der Waals surface area contributed by atoms with E-state index >= 15 is 0 Å². The van der Waals surface area contributed by atoms with Gasteiger partial charge < -0.3 is 20.1 Å². The van der Waals surface area contributed by atoms with Crippen molar-refractivity contribution >= 4 is 5.69 Å². The van der Waals surface area contributed by atoms with Gasteiger partial charge in [0.15, 0.2) is 0 Å². The van der Waals surface area contributed by atoms with Crippen LogP contribution in [0.1, 0.15) is 25.0 Å². The van der Waals surface area contributed by atoms with E-state index in [1.54, 1.807) is 7.11 Å². The molecule has 1 aromatic rings. The van der Waals surface area contributed by atoms with Gasteiger partial charge in [-0.2, -0.15) is 0 Å². The number of hydrogen-bond donors (Lipinski definition) is 2. The van der Waals surface area contributed by atoms with Gasteiger partial charge in [0, 0.05) is 39.5 Å². The van der Waals surface area contributed by atoms with Crippen LogP contribution < -0.4 is 10.2 Å². The summed E-state index contributed by atoms with van der Waals surface area (Å²) >= 11 is 0. The molecular weight excluding hydrogens is 252 g/mol. The minimum Gasteiger partial charge on any atom is -0.389 e. The van der Waals surface area contributed by atoms with E-state index in [-0.39, 0.29) is 0 Å². The van der Waals surface area contributed by atoms with Crippen molar-refractivity contribution in [2.45, 2.75) is 32.9 Å². The molecule has 0 aliphatic rings. The summed E-state index contributed by atoms with van der Waals surface area (Å²) in [5, 5.41) is 13.2. The predicted molar refractivity (Wildman–Crippen MR) is 84.3 cm³/mol. The summed E-state index contributed by atoms with van der Waals surface area (Å²) in [7, 11) is 3.72. The number of benzene rings is 1. The van der Waals surface area contributed by atoms with Gasteiger partial charge in [-0.3, -0.25) is 0 Å². The molecule has 0 unspecified atom stereocenters. The fourth-order valence-corrected chi connectivity index (χ4v) is 2.33. The molecule has 0 radical (unpaired) electrons. The van der Waals surface area contributed by atoms with Crippen molar-refractivity contribution in [3.63, 3.8) is 0 Å². The van der Waals surface area contributed by atoms with Crippen LogP contribution in [0.4, 0.5) is 5.69 Å². The Bertz CT molecular complexity index is 413. The Kier molecular flexibility index (Phi) is 6.46. The molecule has 1 rings (SSSR count). The highest BCUT2D eigenvalue weighted by Crippen LogP contribution is 2.21. The molecule has 1 aromatic carbocycles. The van der Waals surface area contributed by atoms with Gasteiger partial charge in [0.2, 0.25) is 0 Å². The van der Waals surface area contributed by atoms with Crippen molar-refractivity contribution in [1.82, 2.24) is 5.32 Å². The average Bonchev–Trinajstić information content (AvgIpc) is 2.32. The molecule has 0 fully saturated rings. The number of nitrogens with one attached hydrogen (secondary N) is 1. The molecule has 0 heterocycles. The van der Waals surface area contributed by atoms with Crippen LogP contribution in [-0.2, 0) is 11.3 Å². The summed E-state index contributed by atoms with van der Waals surface area (Å²) in [5.41, 5.74) is 2.95. The maximum Gasteiger partial charge on any atom is 0.0765 e. The van der Waals surface area contributed by atoms with Crippen LogP contribution >= 0.6 is 0 Å². The lowest BCUT2D eigenvalue weighted by molar-refractivity contribution is 0.0886. The standard InChI is InChI=1S/C16H28N2O2/c1-13-10-14(11-17-8-9-20-5)6-7-15(13)18(4)12-16(2,3)19/h6-7,10,17,19H,8-9,11-12H2,1-5H3. The molecule has 2 N–H and O–H groups in total. The van der Waals surface area contributed by atoms with E-state index < -0.39 is 5.60 Å². The van der Waals surface area contributed by atoms with E-state index in [1.165, 1.54) is 11.1 Å². The average molecular weight is 280 g/mol. The molecule has 0 aliphatic heterocycles. The van der Waals surface area contributed by atoms with Crippen molar-refractivity contribution in [2.75, 3.05) is 38.8 Å². The Morgan fingerprint density at radius 3 is 2.60 bits per heavy atom. The van der Waals surface area contributed by atoms with Gasteiger partial charge in [-0.25, -0.2) is 0 Å². The fourth-order valence-electron chi connectivity index (χ4n) is 2.33. The molecule has 4 nitrogen and oxygen atoms in total. The molecule has 0 saturated heterocycles. The quantitative estimate of drug-likeness (QED) is 0.714. The van der Waals surface area contributed by atoms with Crippen LogP contribution in [0.15, 0.2) is 18.2 Å². The second-order valence-electron chi connectivity index (χ2n) is 5.96. The smallest absolute Gasteiger partial charge is 0.0765 e. The van der Waals surface area contributed by atoms with Gasteiger partial charge in [0.25, 0.3) is 0 Å². The predicted octanol–water partition coefficient (Wildman–Crippen LogP) is 1.94. The van der Waals surface area contributed by atoms with E-state index in [1.807, 2.05) is 20.9 Å². The largest absolute Gasteiger partial charge is 0.389 e. The molecular formula is C16H28N2O2.